The molecule has 1 amide bonds. The lowest BCUT2D eigenvalue weighted by Gasteiger charge is -2.30. The molecule has 2 atom stereocenters. The number of rotatable bonds is 6. The molecule has 0 unspecified atom stereocenters. The standard InChI is InChI=1S/C23H27ClF3N5O2/c24-18-13-30-21(32-22(33)15-8-16(12-28-11-15)23(25,26)27)9-17(18)19-2-1-3-20(31-19)29-10-14-4-6-34-7-5-14/h1-3,9,13-16,28H,4-8,10-12H2,(H,29,31)(H,30,32,33)/t15-,16+/m0/s1. The lowest BCUT2D eigenvalue weighted by atomic mass is 9.89. The van der Waals surface area contributed by atoms with E-state index in [9.17, 15) is 18.0 Å². The Hall–Kier alpha value is -2.43. The Morgan fingerprint density at radius 1 is 1.21 bits per heavy atom. The van der Waals surface area contributed by atoms with Crippen LogP contribution in [0.15, 0.2) is 30.5 Å². The Morgan fingerprint density at radius 3 is 2.76 bits per heavy atom. The number of anilines is 2. The smallest absolute Gasteiger partial charge is 0.381 e. The Labute approximate surface area is 200 Å². The van der Waals surface area contributed by atoms with Crippen molar-refractivity contribution >= 4 is 29.1 Å². The highest BCUT2D eigenvalue weighted by molar-refractivity contribution is 6.33. The zero-order chi connectivity index (χ0) is 24.1. The molecule has 0 spiro atoms. The summed E-state index contributed by atoms with van der Waals surface area (Å²) in [4.78, 5) is 21.4. The van der Waals surface area contributed by atoms with Crippen molar-refractivity contribution in [3.05, 3.63) is 35.5 Å². The molecule has 0 aliphatic carbocycles. The van der Waals surface area contributed by atoms with Gasteiger partial charge >= 0.3 is 6.18 Å². The fraction of sp³-hybridized carbons (Fsp3) is 0.522. The molecule has 7 nitrogen and oxygen atoms in total. The predicted octanol–water partition coefficient (Wildman–Crippen LogP) is 4.36. The molecule has 34 heavy (non-hydrogen) atoms. The molecule has 2 saturated heterocycles. The Kier molecular flexibility index (Phi) is 7.90. The Morgan fingerprint density at radius 2 is 2.00 bits per heavy atom. The first-order chi connectivity index (χ1) is 16.3. The summed E-state index contributed by atoms with van der Waals surface area (Å²) in [7, 11) is 0. The number of amides is 1. The normalized spacial score (nSPS) is 21.8. The molecule has 0 radical (unpaired) electrons. The van der Waals surface area contributed by atoms with Crippen molar-refractivity contribution in [2.45, 2.75) is 25.4 Å². The fourth-order valence-corrected chi connectivity index (χ4v) is 4.41. The number of aromatic nitrogens is 2. The van der Waals surface area contributed by atoms with Crippen LogP contribution in [0.5, 0.6) is 0 Å². The number of carbonyl (C=O) groups excluding carboxylic acids is 1. The second-order valence-corrected chi connectivity index (χ2v) is 9.12. The summed E-state index contributed by atoms with van der Waals surface area (Å²) in [5, 5.41) is 9.04. The van der Waals surface area contributed by atoms with Gasteiger partial charge in [-0.1, -0.05) is 17.7 Å². The number of pyridine rings is 2. The van der Waals surface area contributed by atoms with Crippen LogP contribution in [0, 0.1) is 17.8 Å². The van der Waals surface area contributed by atoms with Crippen molar-refractivity contribution in [1.82, 2.24) is 15.3 Å². The molecule has 0 aromatic carbocycles. The van der Waals surface area contributed by atoms with Gasteiger partial charge in [0.2, 0.25) is 5.91 Å². The van der Waals surface area contributed by atoms with Gasteiger partial charge in [0.25, 0.3) is 0 Å². The first-order valence-corrected chi connectivity index (χ1v) is 11.7. The second kappa shape index (κ2) is 10.9. The van der Waals surface area contributed by atoms with E-state index in [1.54, 1.807) is 12.1 Å². The van der Waals surface area contributed by atoms with Crippen LogP contribution in [0.1, 0.15) is 19.3 Å². The van der Waals surface area contributed by atoms with E-state index in [2.05, 4.69) is 25.9 Å². The number of nitrogens with one attached hydrogen (secondary N) is 3. The number of ether oxygens (including phenoxy) is 1. The van der Waals surface area contributed by atoms with Crippen molar-refractivity contribution in [3.63, 3.8) is 0 Å². The van der Waals surface area contributed by atoms with E-state index in [0.29, 0.717) is 28.0 Å². The molecule has 2 aliphatic rings. The van der Waals surface area contributed by atoms with Crippen LogP contribution < -0.4 is 16.0 Å². The minimum Gasteiger partial charge on any atom is -0.381 e. The Balaban J connectivity index is 1.43. The minimum atomic E-state index is -4.34. The maximum absolute atomic E-state index is 13.1. The third-order valence-corrected chi connectivity index (χ3v) is 6.53. The van der Waals surface area contributed by atoms with Gasteiger partial charge in [-0.3, -0.25) is 4.79 Å². The molecule has 2 aliphatic heterocycles. The van der Waals surface area contributed by atoms with E-state index < -0.39 is 23.9 Å². The van der Waals surface area contributed by atoms with Gasteiger partial charge < -0.3 is 20.7 Å². The molecule has 4 rings (SSSR count). The van der Waals surface area contributed by atoms with Crippen molar-refractivity contribution in [1.29, 1.82) is 0 Å². The highest BCUT2D eigenvalue weighted by Crippen LogP contribution is 2.34. The zero-order valence-corrected chi connectivity index (χ0v) is 19.3. The molecular formula is C23H27ClF3N5O2. The molecule has 0 bridgehead atoms. The average Bonchev–Trinajstić information content (AvgIpc) is 2.84. The molecule has 3 N–H and O–H groups in total. The summed E-state index contributed by atoms with van der Waals surface area (Å²) in [5.74, 6) is -1.43. The van der Waals surface area contributed by atoms with Gasteiger partial charge in [-0.2, -0.15) is 13.2 Å². The molecule has 4 heterocycles. The average molecular weight is 498 g/mol. The van der Waals surface area contributed by atoms with Gasteiger partial charge in [0.15, 0.2) is 0 Å². The van der Waals surface area contributed by atoms with E-state index in [-0.39, 0.29) is 25.3 Å². The van der Waals surface area contributed by atoms with Crippen molar-refractivity contribution < 1.29 is 22.7 Å². The highest BCUT2D eigenvalue weighted by atomic mass is 35.5. The minimum absolute atomic E-state index is 0.179. The van der Waals surface area contributed by atoms with E-state index in [1.807, 2.05) is 12.1 Å². The number of piperidine rings is 1. The lowest BCUT2D eigenvalue weighted by molar-refractivity contribution is -0.181. The zero-order valence-electron chi connectivity index (χ0n) is 18.5. The van der Waals surface area contributed by atoms with Crippen LogP contribution in [-0.2, 0) is 9.53 Å². The third-order valence-electron chi connectivity index (χ3n) is 6.23. The van der Waals surface area contributed by atoms with E-state index >= 15 is 0 Å². The third kappa shape index (κ3) is 6.37. The van der Waals surface area contributed by atoms with E-state index in [1.165, 1.54) is 6.20 Å². The van der Waals surface area contributed by atoms with Gasteiger partial charge in [0.1, 0.15) is 11.6 Å². The first kappa shape index (κ1) is 24.7. The van der Waals surface area contributed by atoms with Gasteiger partial charge in [0.05, 0.1) is 22.6 Å². The number of carbonyl (C=O) groups is 1. The maximum atomic E-state index is 13.1. The summed E-state index contributed by atoms with van der Waals surface area (Å²) >= 11 is 6.35. The predicted molar refractivity (Wildman–Crippen MR) is 124 cm³/mol. The number of alkyl halides is 3. The van der Waals surface area contributed by atoms with Crippen LogP contribution in [0.25, 0.3) is 11.3 Å². The van der Waals surface area contributed by atoms with Crippen molar-refractivity contribution in [2.75, 3.05) is 43.5 Å². The number of hydrogen-bond donors (Lipinski definition) is 3. The number of hydrogen-bond acceptors (Lipinski definition) is 6. The summed E-state index contributed by atoms with van der Waals surface area (Å²) in [6.07, 6.45) is -1.19. The summed E-state index contributed by atoms with van der Waals surface area (Å²) in [5.41, 5.74) is 1.16. The van der Waals surface area contributed by atoms with Gasteiger partial charge in [0, 0.05) is 44.6 Å². The first-order valence-electron chi connectivity index (χ1n) is 11.3. The van der Waals surface area contributed by atoms with Gasteiger partial charge in [-0.25, -0.2) is 9.97 Å². The van der Waals surface area contributed by atoms with Crippen molar-refractivity contribution in [2.24, 2.45) is 17.8 Å². The SMILES string of the molecule is O=C(Nc1cc(-c2cccc(NCC3CCOCC3)n2)c(Cl)cn1)[C@@H]1CNC[C@H](C(F)(F)F)C1. The molecule has 2 fully saturated rings. The number of halogens is 4. The van der Waals surface area contributed by atoms with Crippen LogP contribution in [0.3, 0.4) is 0 Å². The van der Waals surface area contributed by atoms with Crippen LogP contribution in [-0.4, -0.2) is 54.9 Å². The summed E-state index contributed by atoms with van der Waals surface area (Å²) in [6, 6.07) is 7.11. The highest BCUT2D eigenvalue weighted by Gasteiger charge is 2.43. The second-order valence-electron chi connectivity index (χ2n) is 8.71. The van der Waals surface area contributed by atoms with E-state index in [4.69, 9.17) is 16.3 Å². The molecule has 2 aromatic rings. The quantitative estimate of drug-likeness (QED) is 0.549. The fourth-order valence-electron chi connectivity index (χ4n) is 4.21. The molecule has 11 heteroatoms. The Bertz CT molecular complexity index is 1000. The van der Waals surface area contributed by atoms with Gasteiger partial charge in [-0.05, 0) is 43.4 Å². The van der Waals surface area contributed by atoms with Crippen molar-refractivity contribution in [3.8, 4) is 11.3 Å². The van der Waals surface area contributed by atoms with Crippen LogP contribution in [0.2, 0.25) is 5.02 Å². The molecule has 2 aromatic heterocycles. The molecular weight excluding hydrogens is 471 g/mol. The number of nitrogens with zero attached hydrogens (tertiary/aromatic N) is 2. The van der Waals surface area contributed by atoms with Gasteiger partial charge in [-0.15, -0.1) is 0 Å². The maximum Gasteiger partial charge on any atom is 0.393 e. The largest absolute Gasteiger partial charge is 0.393 e. The van der Waals surface area contributed by atoms with E-state index in [0.717, 1.165) is 32.6 Å². The molecule has 0 saturated carbocycles. The topological polar surface area (TPSA) is 88.2 Å². The lowest BCUT2D eigenvalue weighted by Crippen LogP contribution is -2.46. The monoisotopic (exact) mass is 497 g/mol. The molecule has 184 valence electrons. The summed E-state index contributed by atoms with van der Waals surface area (Å²) < 4.78 is 44.6. The van der Waals surface area contributed by atoms with Crippen LogP contribution >= 0.6 is 11.6 Å². The van der Waals surface area contributed by atoms with Crippen LogP contribution in [0.4, 0.5) is 24.8 Å². The summed E-state index contributed by atoms with van der Waals surface area (Å²) in [6.45, 7) is 2.34.